The monoisotopic (exact) mass is 230 g/mol. The number of hydrogen-bond donors (Lipinski definition) is 1. The zero-order chi connectivity index (χ0) is 11.9. The van der Waals surface area contributed by atoms with E-state index in [0.29, 0.717) is 0 Å². The molecule has 0 bridgehead atoms. The van der Waals surface area contributed by atoms with Crippen LogP contribution in [-0.4, -0.2) is 63.5 Å². The molecular formula is C12H26N2O2. The van der Waals surface area contributed by atoms with Gasteiger partial charge in [0.1, 0.15) is 0 Å². The minimum Gasteiger partial charge on any atom is -0.385 e. The van der Waals surface area contributed by atoms with E-state index in [1.54, 1.807) is 7.11 Å². The second kappa shape index (κ2) is 7.22. The van der Waals surface area contributed by atoms with E-state index in [1.165, 1.54) is 0 Å². The van der Waals surface area contributed by atoms with Crippen molar-refractivity contribution in [2.45, 2.75) is 25.8 Å². The lowest BCUT2D eigenvalue weighted by atomic mass is 10.0. The fraction of sp³-hybridized carbons (Fsp3) is 1.00. The third-order valence-electron chi connectivity index (χ3n) is 3.08. The molecule has 0 atom stereocenters. The highest BCUT2D eigenvalue weighted by Crippen LogP contribution is 2.17. The van der Waals surface area contributed by atoms with Crippen LogP contribution in [0, 0.1) is 0 Å². The minimum absolute atomic E-state index is 0.187. The molecule has 4 heteroatoms. The average molecular weight is 230 g/mol. The SMILES string of the molecule is COCCCNCCN1CCOCC1(C)C. The van der Waals surface area contributed by atoms with Crippen LogP contribution in [0.5, 0.6) is 0 Å². The standard InChI is InChI=1S/C12H26N2O2/c1-12(2)11-16-10-8-14(12)7-6-13-5-4-9-15-3/h13H,4-11H2,1-3H3. The Morgan fingerprint density at radius 2 is 2.19 bits per heavy atom. The van der Waals surface area contributed by atoms with Crippen LogP contribution in [0.15, 0.2) is 0 Å². The molecule has 96 valence electrons. The van der Waals surface area contributed by atoms with E-state index in [0.717, 1.165) is 52.4 Å². The van der Waals surface area contributed by atoms with E-state index in [2.05, 4.69) is 24.1 Å². The molecule has 0 radical (unpaired) electrons. The Bertz CT molecular complexity index is 186. The van der Waals surface area contributed by atoms with E-state index in [-0.39, 0.29) is 5.54 Å². The van der Waals surface area contributed by atoms with Crippen LogP contribution in [0.2, 0.25) is 0 Å². The maximum absolute atomic E-state index is 5.50. The second-order valence-electron chi connectivity index (χ2n) is 4.95. The van der Waals surface area contributed by atoms with Crippen molar-refractivity contribution in [3.63, 3.8) is 0 Å². The largest absolute Gasteiger partial charge is 0.385 e. The first kappa shape index (κ1) is 13.9. The number of nitrogens with one attached hydrogen (secondary N) is 1. The molecule has 16 heavy (non-hydrogen) atoms. The highest BCUT2D eigenvalue weighted by molar-refractivity contribution is 4.84. The van der Waals surface area contributed by atoms with Gasteiger partial charge in [-0.3, -0.25) is 4.90 Å². The number of hydrogen-bond acceptors (Lipinski definition) is 4. The van der Waals surface area contributed by atoms with E-state index < -0.39 is 0 Å². The first-order valence-electron chi connectivity index (χ1n) is 6.19. The smallest absolute Gasteiger partial charge is 0.0645 e. The third-order valence-corrected chi connectivity index (χ3v) is 3.08. The van der Waals surface area contributed by atoms with Crippen LogP contribution < -0.4 is 5.32 Å². The third kappa shape index (κ3) is 4.78. The Kier molecular flexibility index (Phi) is 6.28. The van der Waals surface area contributed by atoms with Crippen molar-refractivity contribution in [2.75, 3.05) is 53.1 Å². The van der Waals surface area contributed by atoms with Crippen molar-refractivity contribution in [1.82, 2.24) is 10.2 Å². The van der Waals surface area contributed by atoms with Gasteiger partial charge in [0.15, 0.2) is 0 Å². The molecule has 0 spiro atoms. The Balaban J connectivity index is 2.07. The lowest BCUT2D eigenvalue weighted by Gasteiger charge is -2.42. The maximum Gasteiger partial charge on any atom is 0.0645 e. The summed E-state index contributed by atoms with van der Waals surface area (Å²) in [6.45, 7) is 11.3. The van der Waals surface area contributed by atoms with Gasteiger partial charge in [-0.2, -0.15) is 0 Å². The first-order valence-corrected chi connectivity index (χ1v) is 6.19. The van der Waals surface area contributed by atoms with Gasteiger partial charge in [0.2, 0.25) is 0 Å². The van der Waals surface area contributed by atoms with Crippen molar-refractivity contribution in [1.29, 1.82) is 0 Å². The van der Waals surface area contributed by atoms with E-state index in [9.17, 15) is 0 Å². The van der Waals surface area contributed by atoms with Gasteiger partial charge in [-0.25, -0.2) is 0 Å². The zero-order valence-corrected chi connectivity index (χ0v) is 10.9. The summed E-state index contributed by atoms with van der Waals surface area (Å²) in [7, 11) is 1.75. The highest BCUT2D eigenvalue weighted by Gasteiger charge is 2.29. The van der Waals surface area contributed by atoms with Crippen LogP contribution in [0.3, 0.4) is 0 Å². The molecule has 0 saturated carbocycles. The van der Waals surface area contributed by atoms with Crippen LogP contribution >= 0.6 is 0 Å². The summed E-state index contributed by atoms with van der Waals surface area (Å²) < 4.78 is 10.5. The number of ether oxygens (including phenoxy) is 2. The molecule has 1 saturated heterocycles. The summed E-state index contributed by atoms with van der Waals surface area (Å²) in [5.41, 5.74) is 0.187. The molecule has 4 nitrogen and oxygen atoms in total. The Labute approximate surface area is 99.3 Å². The molecule has 1 N–H and O–H groups in total. The van der Waals surface area contributed by atoms with Crippen LogP contribution in [-0.2, 0) is 9.47 Å². The predicted octanol–water partition coefficient (Wildman–Crippen LogP) is 0.723. The zero-order valence-electron chi connectivity index (χ0n) is 10.9. The van der Waals surface area contributed by atoms with E-state index in [1.807, 2.05) is 0 Å². The van der Waals surface area contributed by atoms with Crippen molar-refractivity contribution >= 4 is 0 Å². The first-order chi connectivity index (χ1) is 7.67. The van der Waals surface area contributed by atoms with Gasteiger partial charge in [0, 0.05) is 38.9 Å². The fourth-order valence-corrected chi connectivity index (χ4v) is 1.99. The Morgan fingerprint density at radius 1 is 1.38 bits per heavy atom. The lowest BCUT2D eigenvalue weighted by molar-refractivity contribution is -0.0500. The van der Waals surface area contributed by atoms with Crippen LogP contribution in [0.1, 0.15) is 20.3 Å². The van der Waals surface area contributed by atoms with Gasteiger partial charge >= 0.3 is 0 Å². The predicted molar refractivity (Wildman–Crippen MR) is 65.8 cm³/mol. The van der Waals surface area contributed by atoms with Gasteiger partial charge in [0.05, 0.1) is 13.2 Å². The second-order valence-corrected chi connectivity index (χ2v) is 4.95. The van der Waals surface area contributed by atoms with Gasteiger partial charge in [-0.05, 0) is 26.8 Å². The van der Waals surface area contributed by atoms with Crippen molar-refractivity contribution in [3.05, 3.63) is 0 Å². The molecule has 1 rings (SSSR count). The molecule has 1 aliphatic rings. The van der Waals surface area contributed by atoms with Crippen molar-refractivity contribution in [3.8, 4) is 0 Å². The Hall–Kier alpha value is -0.160. The fourth-order valence-electron chi connectivity index (χ4n) is 1.99. The van der Waals surface area contributed by atoms with Crippen LogP contribution in [0.25, 0.3) is 0 Å². The Morgan fingerprint density at radius 3 is 2.88 bits per heavy atom. The topological polar surface area (TPSA) is 33.7 Å². The van der Waals surface area contributed by atoms with Crippen LogP contribution in [0.4, 0.5) is 0 Å². The number of methoxy groups -OCH3 is 1. The molecule has 0 aromatic rings. The van der Waals surface area contributed by atoms with Gasteiger partial charge in [-0.1, -0.05) is 0 Å². The summed E-state index contributed by atoms with van der Waals surface area (Å²) in [5, 5.41) is 3.44. The number of morpholine rings is 1. The van der Waals surface area contributed by atoms with Gasteiger partial charge in [0.25, 0.3) is 0 Å². The lowest BCUT2D eigenvalue weighted by Crippen LogP contribution is -2.54. The normalized spacial score (nSPS) is 21.2. The molecule has 1 aliphatic heterocycles. The van der Waals surface area contributed by atoms with Crippen molar-refractivity contribution < 1.29 is 9.47 Å². The number of rotatable bonds is 7. The molecular weight excluding hydrogens is 204 g/mol. The average Bonchev–Trinajstić information content (AvgIpc) is 2.25. The quantitative estimate of drug-likeness (QED) is 0.654. The van der Waals surface area contributed by atoms with Crippen molar-refractivity contribution in [2.24, 2.45) is 0 Å². The molecule has 0 aromatic carbocycles. The summed E-state index contributed by atoms with van der Waals surface area (Å²) >= 11 is 0. The van der Waals surface area contributed by atoms with E-state index >= 15 is 0 Å². The van der Waals surface area contributed by atoms with E-state index in [4.69, 9.17) is 9.47 Å². The highest BCUT2D eigenvalue weighted by atomic mass is 16.5. The molecule has 0 aliphatic carbocycles. The molecule has 0 aromatic heterocycles. The summed E-state index contributed by atoms with van der Waals surface area (Å²) in [6, 6.07) is 0. The molecule has 1 heterocycles. The summed E-state index contributed by atoms with van der Waals surface area (Å²) in [6.07, 6.45) is 1.09. The molecule has 0 unspecified atom stereocenters. The van der Waals surface area contributed by atoms with Gasteiger partial charge in [-0.15, -0.1) is 0 Å². The maximum atomic E-state index is 5.50. The molecule has 1 fully saturated rings. The van der Waals surface area contributed by atoms with Gasteiger partial charge < -0.3 is 14.8 Å². The minimum atomic E-state index is 0.187. The summed E-state index contributed by atoms with van der Waals surface area (Å²) in [4.78, 5) is 2.50. The molecule has 0 amide bonds. The summed E-state index contributed by atoms with van der Waals surface area (Å²) in [5.74, 6) is 0. The number of nitrogens with zero attached hydrogens (tertiary/aromatic N) is 1.